The maximum atomic E-state index is 12.3. The number of amides is 3. The number of likely N-dealkylation sites (tertiary alicyclic amines) is 1. The molecule has 2 atom stereocenters. The fourth-order valence-corrected chi connectivity index (χ4v) is 2.65. The van der Waals surface area contributed by atoms with Crippen molar-refractivity contribution in [3.63, 3.8) is 0 Å². The van der Waals surface area contributed by atoms with Crippen LogP contribution in [0.1, 0.15) is 25.3 Å². The number of ether oxygens (including phenoxy) is 1. The number of nitrogens with one attached hydrogen (secondary N) is 2. The molecule has 0 bridgehead atoms. The molecule has 1 aromatic rings. The maximum absolute atomic E-state index is 12.3. The lowest BCUT2D eigenvalue weighted by Gasteiger charge is -2.24. The van der Waals surface area contributed by atoms with Crippen LogP contribution in [0.2, 0.25) is 0 Å². The molecule has 1 aliphatic heterocycles. The van der Waals surface area contributed by atoms with E-state index in [-0.39, 0.29) is 18.4 Å². The van der Waals surface area contributed by atoms with Gasteiger partial charge in [0.25, 0.3) is 0 Å². The van der Waals surface area contributed by atoms with Crippen LogP contribution in [-0.2, 0) is 20.9 Å². The van der Waals surface area contributed by atoms with Gasteiger partial charge in [-0.15, -0.1) is 0 Å². The van der Waals surface area contributed by atoms with Gasteiger partial charge in [-0.05, 0) is 25.3 Å². The molecule has 2 rings (SSSR count). The molecule has 1 heterocycles. The summed E-state index contributed by atoms with van der Waals surface area (Å²) in [6.45, 7) is 2.24. The Labute approximate surface area is 141 Å². The number of carbonyl (C=O) groups is 3. The van der Waals surface area contributed by atoms with Crippen molar-refractivity contribution in [1.29, 1.82) is 0 Å². The van der Waals surface area contributed by atoms with Gasteiger partial charge in [0, 0.05) is 13.6 Å². The predicted octanol–water partition coefficient (Wildman–Crippen LogP) is 1.04. The zero-order valence-electron chi connectivity index (χ0n) is 14.0. The Hall–Kier alpha value is -2.57. The van der Waals surface area contributed by atoms with Crippen molar-refractivity contribution >= 4 is 17.9 Å². The minimum atomic E-state index is -0.648. The molecule has 130 valence electrons. The van der Waals surface area contributed by atoms with Crippen molar-refractivity contribution in [3.05, 3.63) is 35.9 Å². The summed E-state index contributed by atoms with van der Waals surface area (Å²) in [5.74, 6) is -0.611. The van der Waals surface area contributed by atoms with Gasteiger partial charge >= 0.3 is 6.09 Å². The smallest absolute Gasteiger partial charge is 0.410 e. The SMILES string of the molecule is CNC(=O)[C@H](C)NC(=O)[C@@H]1CCCN1C(=O)OCc1ccccc1. The Morgan fingerprint density at radius 3 is 2.67 bits per heavy atom. The molecular formula is C17H23N3O4. The zero-order chi connectivity index (χ0) is 17.5. The second-order valence-electron chi connectivity index (χ2n) is 5.74. The van der Waals surface area contributed by atoms with Gasteiger partial charge in [-0.3, -0.25) is 14.5 Å². The summed E-state index contributed by atoms with van der Waals surface area (Å²) in [5, 5.41) is 5.10. The van der Waals surface area contributed by atoms with Gasteiger partial charge in [0.1, 0.15) is 18.7 Å². The molecular weight excluding hydrogens is 310 g/mol. The molecule has 1 aromatic carbocycles. The molecule has 7 heteroatoms. The van der Waals surface area contributed by atoms with Crippen LogP contribution in [0.5, 0.6) is 0 Å². The molecule has 1 saturated heterocycles. The Kier molecular flexibility index (Phi) is 6.17. The molecule has 0 aliphatic carbocycles. The minimum absolute atomic E-state index is 0.166. The van der Waals surface area contributed by atoms with Crippen molar-refractivity contribution in [2.24, 2.45) is 0 Å². The topological polar surface area (TPSA) is 87.7 Å². The number of benzene rings is 1. The van der Waals surface area contributed by atoms with Crippen molar-refractivity contribution in [2.45, 2.75) is 38.5 Å². The van der Waals surface area contributed by atoms with E-state index in [1.807, 2.05) is 30.3 Å². The predicted molar refractivity (Wildman–Crippen MR) is 88.0 cm³/mol. The molecule has 1 aliphatic rings. The van der Waals surface area contributed by atoms with Crippen LogP contribution < -0.4 is 10.6 Å². The van der Waals surface area contributed by atoms with Crippen LogP contribution in [0.15, 0.2) is 30.3 Å². The van der Waals surface area contributed by atoms with E-state index in [1.165, 1.54) is 11.9 Å². The number of hydrogen-bond donors (Lipinski definition) is 2. The molecule has 0 spiro atoms. The molecule has 0 radical (unpaired) electrons. The summed E-state index contributed by atoms with van der Waals surface area (Å²) < 4.78 is 5.29. The van der Waals surface area contributed by atoms with E-state index in [0.717, 1.165) is 12.0 Å². The highest BCUT2D eigenvalue weighted by atomic mass is 16.6. The summed E-state index contributed by atoms with van der Waals surface area (Å²) >= 11 is 0. The highest BCUT2D eigenvalue weighted by Gasteiger charge is 2.36. The fraction of sp³-hybridized carbons (Fsp3) is 0.471. The van der Waals surface area contributed by atoms with Crippen LogP contribution in [0, 0.1) is 0 Å². The van der Waals surface area contributed by atoms with Gasteiger partial charge in [-0.2, -0.15) is 0 Å². The average molecular weight is 333 g/mol. The molecule has 2 N–H and O–H groups in total. The summed E-state index contributed by atoms with van der Waals surface area (Å²) in [6, 6.07) is 8.12. The van der Waals surface area contributed by atoms with Crippen LogP contribution in [0.3, 0.4) is 0 Å². The van der Waals surface area contributed by atoms with Crippen LogP contribution in [-0.4, -0.2) is 48.5 Å². The second kappa shape index (κ2) is 8.33. The number of hydrogen-bond acceptors (Lipinski definition) is 4. The van der Waals surface area contributed by atoms with Crippen molar-refractivity contribution in [2.75, 3.05) is 13.6 Å². The quantitative estimate of drug-likeness (QED) is 0.843. The Morgan fingerprint density at radius 1 is 1.29 bits per heavy atom. The lowest BCUT2D eigenvalue weighted by atomic mass is 10.2. The van der Waals surface area contributed by atoms with E-state index in [9.17, 15) is 14.4 Å². The van der Waals surface area contributed by atoms with E-state index in [4.69, 9.17) is 4.74 Å². The fourth-order valence-electron chi connectivity index (χ4n) is 2.65. The van der Waals surface area contributed by atoms with Crippen molar-refractivity contribution < 1.29 is 19.1 Å². The first-order valence-electron chi connectivity index (χ1n) is 8.02. The highest BCUT2D eigenvalue weighted by Crippen LogP contribution is 2.19. The lowest BCUT2D eigenvalue weighted by Crippen LogP contribution is -2.51. The average Bonchev–Trinajstić information content (AvgIpc) is 3.09. The third kappa shape index (κ3) is 4.47. The summed E-state index contributed by atoms with van der Waals surface area (Å²) in [6.07, 6.45) is 0.781. The normalized spacial score (nSPS) is 17.9. The first-order valence-corrected chi connectivity index (χ1v) is 8.02. The zero-order valence-corrected chi connectivity index (χ0v) is 14.0. The lowest BCUT2D eigenvalue weighted by molar-refractivity contribution is -0.130. The first-order chi connectivity index (χ1) is 11.5. The Bertz CT molecular complexity index is 591. The van der Waals surface area contributed by atoms with Gasteiger partial charge in [0.05, 0.1) is 0 Å². The Balaban J connectivity index is 1.90. The van der Waals surface area contributed by atoms with Gasteiger partial charge in [0.15, 0.2) is 0 Å². The third-order valence-electron chi connectivity index (χ3n) is 3.99. The van der Waals surface area contributed by atoms with Gasteiger partial charge < -0.3 is 15.4 Å². The molecule has 1 fully saturated rings. The summed E-state index contributed by atoms with van der Waals surface area (Å²) in [7, 11) is 1.51. The van der Waals surface area contributed by atoms with Gasteiger partial charge in [-0.1, -0.05) is 30.3 Å². The van der Waals surface area contributed by atoms with Crippen molar-refractivity contribution in [1.82, 2.24) is 15.5 Å². The van der Waals surface area contributed by atoms with Gasteiger partial charge in [-0.25, -0.2) is 4.79 Å². The van der Waals surface area contributed by atoms with E-state index >= 15 is 0 Å². The molecule has 3 amide bonds. The third-order valence-corrected chi connectivity index (χ3v) is 3.99. The number of nitrogens with zero attached hydrogens (tertiary/aromatic N) is 1. The highest BCUT2D eigenvalue weighted by molar-refractivity contribution is 5.91. The standard InChI is InChI=1S/C17H23N3O4/c1-12(15(21)18-2)19-16(22)14-9-6-10-20(14)17(23)24-11-13-7-4-3-5-8-13/h3-5,7-8,12,14H,6,9-11H2,1-2H3,(H,18,21)(H,19,22)/t12-,14-/m0/s1. The number of rotatable bonds is 5. The summed E-state index contributed by atoms with van der Waals surface area (Å²) in [5.41, 5.74) is 0.888. The molecule has 24 heavy (non-hydrogen) atoms. The second-order valence-corrected chi connectivity index (χ2v) is 5.74. The molecule has 0 saturated carbocycles. The Morgan fingerprint density at radius 2 is 2.00 bits per heavy atom. The molecule has 7 nitrogen and oxygen atoms in total. The van der Waals surface area contributed by atoms with Crippen LogP contribution >= 0.6 is 0 Å². The molecule has 0 aromatic heterocycles. The van der Waals surface area contributed by atoms with Gasteiger partial charge in [0.2, 0.25) is 11.8 Å². The van der Waals surface area contributed by atoms with Crippen LogP contribution in [0.25, 0.3) is 0 Å². The minimum Gasteiger partial charge on any atom is -0.445 e. The first kappa shape index (κ1) is 17.8. The molecule has 0 unspecified atom stereocenters. The number of carbonyl (C=O) groups excluding carboxylic acids is 3. The number of likely N-dealkylation sites (N-methyl/N-ethyl adjacent to an activating group) is 1. The summed E-state index contributed by atoms with van der Waals surface area (Å²) in [4.78, 5) is 37.5. The monoisotopic (exact) mass is 333 g/mol. The maximum Gasteiger partial charge on any atom is 0.410 e. The van der Waals surface area contributed by atoms with Crippen molar-refractivity contribution in [3.8, 4) is 0 Å². The van der Waals surface area contributed by atoms with E-state index in [0.29, 0.717) is 13.0 Å². The van der Waals surface area contributed by atoms with E-state index in [2.05, 4.69) is 10.6 Å². The van der Waals surface area contributed by atoms with Crippen LogP contribution in [0.4, 0.5) is 4.79 Å². The van der Waals surface area contributed by atoms with E-state index < -0.39 is 18.2 Å². The van der Waals surface area contributed by atoms with E-state index in [1.54, 1.807) is 6.92 Å². The largest absolute Gasteiger partial charge is 0.445 e.